The Kier molecular flexibility index (Phi) is 4.06. The Hall–Kier alpha value is -0.660. The largest absolute Gasteiger partial charge is 0.480 e. The second kappa shape index (κ2) is 4.91. The van der Waals surface area contributed by atoms with Crippen LogP contribution in [-0.2, 0) is 14.8 Å². The fourth-order valence-corrected chi connectivity index (χ4v) is 3.02. The van der Waals surface area contributed by atoms with Crippen molar-refractivity contribution in [3.63, 3.8) is 0 Å². The Labute approximate surface area is 88.6 Å². The van der Waals surface area contributed by atoms with Gasteiger partial charge in [-0.15, -0.1) is 0 Å². The summed E-state index contributed by atoms with van der Waals surface area (Å²) in [5.74, 6) is -2.28. The number of piperidine rings is 1. The first-order valence-electron chi connectivity index (χ1n) is 4.76. The quantitative estimate of drug-likeness (QED) is 0.661. The molecule has 0 radical (unpaired) electrons. The second-order valence-electron chi connectivity index (χ2n) is 3.70. The molecule has 1 aliphatic rings. The summed E-state index contributed by atoms with van der Waals surface area (Å²) in [6.45, 7) is 0.525. The molecule has 0 aromatic rings. The highest BCUT2D eigenvalue weighted by Gasteiger charge is 2.30. The normalized spacial score (nSPS) is 23.9. The minimum Gasteiger partial charge on any atom is -0.480 e. The zero-order chi connectivity index (χ0) is 11.5. The highest BCUT2D eigenvalue weighted by molar-refractivity contribution is 7.89. The van der Waals surface area contributed by atoms with Gasteiger partial charge in [0.1, 0.15) is 0 Å². The van der Waals surface area contributed by atoms with Crippen molar-refractivity contribution in [3.05, 3.63) is 0 Å². The van der Waals surface area contributed by atoms with Crippen LogP contribution >= 0.6 is 0 Å². The van der Waals surface area contributed by atoms with Gasteiger partial charge in [-0.05, 0) is 18.8 Å². The molecule has 0 aliphatic carbocycles. The summed E-state index contributed by atoms with van der Waals surface area (Å²) >= 11 is 0. The summed E-state index contributed by atoms with van der Waals surface area (Å²) in [7, 11) is -3.70. The van der Waals surface area contributed by atoms with Gasteiger partial charge in [-0.3, -0.25) is 4.79 Å². The highest BCUT2D eigenvalue weighted by atomic mass is 32.2. The van der Waals surface area contributed by atoms with Gasteiger partial charge in [0.05, 0.1) is 0 Å². The van der Waals surface area contributed by atoms with E-state index in [1.54, 1.807) is 0 Å². The maximum Gasteiger partial charge on any atom is 0.320 e. The zero-order valence-electron chi connectivity index (χ0n) is 8.29. The molecule has 0 amide bonds. The molecule has 0 aromatic carbocycles. The lowest BCUT2D eigenvalue weighted by molar-refractivity contribution is -0.134. The van der Waals surface area contributed by atoms with Gasteiger partial charge < -0.3 is 10.2 Å². The number of aliphatic carboxylic acids is 1. The summed E-state index contributed by atoms with van der Waals surface area (Å²) in [6.07, 6.45) is 1.46. The molecule has 2 N–H and O–H groups in total. The van der Waals surface area contributed by atoms with E-state index in [1.807, 2.05) is 0 Å². The molecule has 88 valence electrons. The van der Waals surface area contributed by atoms with Crippen molar-refractivity contribution in [2.75, 3.05) is 25.4 Å². The second-order valence-corrected chi connectivity index (χ2v) is 5.67. The fourth-order valence-electron chi connectivity index (χ4n) is 1.68. The molecule has 0 saturated carbocycles. The van der Waals surface area contributed by atoms with Crippen LogP contribution in [0.5, 0.6) is 0 Å². The zero-order valence-corrected chi connectivity index (χ0v) is 9.11. The first kappa shape index (κ1) is 12.4. The molecule has 1 heterocycles. The number of sulfonamides is 1. The van der Waals surface area contributed by atoms with E-state index in [-0.39, 0.29) is 19.1 Å². The van der Waals surface area contributed by atoms with Gasteiger partial charge in [0.25, 0.3) is 0 Å². The van der Waals surface area contributed by atoms with Crippen LogP contribution in [-0.4, -0.2) is 54.4 Å². The van der Waals surface area contributed by atoms with Crippen molar-refractivity contribution in [2.45, 2.75) is 12.8 Å². The molecule has 0 spiro atoms. The van der Waals surface area contributed by atoms with Gasteiger partial charge in [0.15, 0.2) is 5.75 Å². The molecule has 1 aliphatic heterocycles. The fraction of sp³-hybridized carbons (Fsp3) is 0.875. The van der Waals surface area contributed by atoms with Gasteiger partial charge in [0.2, 0.25) is 10.0 Å². The third-order valence-electron chi connectivity index (χ3n) is 2.44. The minimum atomic E-state index is -3.70. The number of hydrogen-bond acceptors (Lipinski definition) is 4. The molecular formula is C8H15NO5S. The predicted molar refractivity (Wildman–Crippen MR) is 52.8 cm³/mol. The molecule has 15 heavy (non-hydrogen) atoms. The lowest BCUT2D eigenvalue weighted by atomic mass is 10.0. The number of rotatable bonds is 4. The SMILES string of the molecule is O=C(O)CS(=O)(=O)N1CCCC(CO)C1. The van der Waals surface area contributed by atoms with Crippen molar-refractivity contribution >= 4 is 16.0 Å². The Balaban J connectivity index is 2.66. The van der Waals surface area contributed by atoms with E-state index in [0.717, 1.165) is 10.7 Å². The summed E-state index contributed by atoms with van der Waals surface area (Å²) in [6, 6.07) is 0. The average molecular weight is 237 g/mol. The van der Waals surface area contributed by atoms with E-state index in [1.165, 1.54) is 0 Å². The van der Waals surface area contributed by atoms with Crippen molar-refractivity contribution in [2.24, 2.45) is 5.92 Å². The third kappa shape index (κ3) is 3.44. The van der Waals surface area contributed by atoms with Crippen molar-refractivity contribution in [1.29, 1.82) is 0 Å². The number of carboxylic acid groups (broad SMARTS) is 1. The van der Waals surface area contributed by atoms with E-state index in [2.05, 4.69) is 0 Å². The summed E-state index contributed by atoms with van der Waals surface area (Å²) in [5.41, 5.74) is 0. The van der Waals surface area contributed by atoms with Gasteiger partial charge in [-0.1, -0.05) is 0 Å². The van der Waals surface area contributed by atoms with Crippen LogP contribution in [0, 0.1) is 5.92 Å². The van der Waals surface area contributed by atoms with Crippen LogP contribution in [0.3, 0.4) is 0 Å². The number of aliphatic hydroxyl groups excluding tert-OH is 1. The number of nitrogens with zero attached hydrogens (tertiary/aromatic N) is 1. The lowest BCUT2D eigenvalue weighted by Gasteiger charge is -2.30. The lowest BCUT2D eigenvalue weighted by Crippen LogP contribution is -2.43. The molecule has 1 unspecified atom stereocenters. The number of hydrogen-bond donors (Lipinski definition) is 2. The molecule has 1 atom stereocenters. The molecule has 0 aromatic heterocycles. The molecular weight excluding hydrogens is 222 g/mol. The van der Waals surface area contributed by atoms with Crippen LogP contribution in [0.1, 0.15) is 12.8 Å². The first-order chi connectivity index (χ1) is 6.95. The number of aliphatic hydroxyl groups is 1. The van der Waals surface area contributed by atoms with Crippen LogP contribution in [0.4, 0.5) is 0 Å². The smallest absolute Gasteiger partial charge is 0.320 e. The predicted octanol–water partition coefficient (Wildman–Crippen LogP) is -0.895. The maximum atomic E-state index is 11.5. The van der Waals surface area contributed by atoms with Gasteiger partial charge in [-0.25, -0.2) is 12.7 Å². The number of carbonyl (C=O) groups is 1. The monoisotopic (exact) mass is 237 g/mol. The van der Waals surface area contributed by atoms with Crippen LogP contribution < -0.4 is 0 Å². The van der Waals surface area contributed by atoms with Gasteiger partial charge >= 0.3 is 5.97 Å². The van der Waals surface area contributed by atoms with Crippen molar-refractivity contribution in [1.82, 2.24) is 4.31 Å². The Morgan fingerprint density at radius 2 is 2.13 bits per heavy atom. The standard InChI is InChI=1S/C8H15NO5S/c10-5-7-2-1-3-9(4-7)15(13,14)6-8(11)12/h7,10H,1-6H2,(H,11,12). The van der Waals surface area contributed by atoms with Crippen LogP contribution in [0.25, 0.3) is 0 Å². The van der Waals surface area contributed by atoms with E-state index < -0.39 is 21.7 Å². The minimum absolute atomic E-state index is 0.0565. The summed E-state index contributed by atoms with van der Waals surface area (Å²) < 4.78 is 24.2. The highest BCUT2D eigenvalue weighted by Crippen LogP contribution is 2.18. The van der Waals surface area contributed by atoms with Crippen LogP contribution in [0.2, 0.25) is 0 Å². The molecule has 1 saturated heterocycles. The van der Waals surface area contributed by atoms with Crippen molar-refractivity contribution < 1.29 is 23.4 Å². The maximum absolute atomic E-state index is 11.5. The van der Waals surface area contributed by atoms with E-state index in [0.29, 0.717) is 13.0 Å². The average Bonchev–Trinajstić information content (AvgIpc) is 2.16. The van der Waals surface area contributed by atoms with Crippen molar-refractivity contribution in [3.8, 4) is 0 Å². The molecule has 6 nitrogen and oxygen atoms in total. The summed E-state index contributed by atoms with van der Waals surface area (Å²) in [4.78, 5) is 10.4. The summed E-state index contributed by atoms with van der Waals surface area (Å²) in [5, 5.41) is 17.4. The van der Waals surface area contributed by atoms with E-state index in [9.17, 15) is 13.2 Å². The van der Waals surface area contributed by atoms with E-state index >= 15 is 0 Å². The first-order valence-corrected chi connectivity index (χ1v) is 6.37. The third-order valence-corrected chi connectivity index (χ3v) is 4.17. The topological polar surface area (TPSA) is 94.9 Å². The Morgan fingerprint density at radius 1 is 1.47 bits per heavy atom. The molecule has 0 bridgehead atoms. The van der Waals surface area contributed by atoms with Gasteiger partial charge in [-0.2, -0.15) is 0 Å². The molecule has 1 fully saturated rings. The van der Waals surface area contributed by atoms with E-state index in [4.69, 9.17) is 10.2 Å². The molecule has 1 rings (SSSR count). The van der Waals surface area contributed by atoms with Crippen LogP contribution in [0.15, 0.2) is 0 Å². The molecule has 7 heteroatoms. The Bertz CT molecular complexity index is 326. The van der Waals surface area contributed by atoms with Gasteiger partial charge in [0, 0.05) is 19.7 Å². The Morgan fingerprint density at radius 3 is 2.67 bits per heavy atom. The number of carboxylic acids is 1.